The van der Waals surface area contributed by atoms with Gasteiger partial charge in [-0.25, -0.2) is 0 Å². The molecular formula is C17H24N2O4. The summed E-state index contributed by atoms with van der Waals surface area (Å²) in [5.74, 6) is -0.687. The van der Waals surface area contributed by atoms with Crippen molar-refractivity contribution in [3.8, 4) is 0 Å². The molecular weight excluding hydrogens is 296 g/mol. The molecule has 6 heteroatoms. The van der Waals surface area contributed by atoms with Crippen LogP contribution in [0, 0.1) is 0 Å². The first-order valence-electron chi connectivity index (χ1n) is 8.37. The van der Waals surface area contributed by atoms with Gasteiger partial charge in [0.25, 0.3) is 0 Å². The maximum Gasteiger partial charge on any atom is 0.190 e. The van der Waals surface area contributed by atoms with Gasteiger partial charge < -0.3 is 19.3 Å². The lowest BCUT2D eigenvalue weighted by molar-refractivity contribution is -0.216. The number of likely N-dealkylation sites (tertiary alicyclic amines) is 1. The molecule has 1 aromatic rings. The Balaban J connectivity index is 1.43. The molecule has 4 heterocycles. The van der Waals surface area contributed by atoms with Crippen LogP contribution < -0.4 is 0 Å². The van der Waals surface area contributed by atoms with Gasteiger partial charge in [-0.05, 0) is 44.9 Å². The number of nitrogens with zero attached hydrogens (tertiary/aromatic N) is 2. The zero-order chi connectivity index (χ0) is 16.0. The van der Waals surface area contributed by atoms with Crippen LogP contribution in [0.4, 0.5) is 0 Å². The Labute approximate surface area is 136 Å². The predicted molar refractivity (Wildman–Crippen MR) is 82.5 cm³/mol. The molecule has 3 fully saturated rings. The molecule has 5 atom stereocenters. The molecule has 1 N–H and O–H groups in total. The van der Waals surface area contributed by atoms with E-state index in [1.807, 2.05) is 26.1 Å². The summed E-state index contributed by atoms with van der Waals surface area (Å²) in [6.45, 7) is 5.38. The number of rotatable bonds is 3. The Hall–Kier alpha value is -1.05. The summed E-state index contributed by atoms with van der Waals surface area (Å²) < 4.78 is 17.4. The maximum absolute atomic E-state index is 10.5. The van der Waals surface area contributed by atoms with Crippen molar-refractivity contribution >= 4 is 0 Å². The fraction of sp³-hybridized carbons (Fsp3) is 0.706. The van der Waals surface area contributed by atoms with Crippen LogP contribution in [0.15, 0.2) is 24.5 Å². The lowest BCUT2D eigenvalue weighted by atomic mass is 10.1. The summed E-state index contributed by atoms with van der Waals surface area (Å²) in [4.78, 5) is 6.60. The minimum Gasteiger partial charge on any atom is -0.387 e. The molecule has 0 spiro atoms. The van der Waals surface area contributed by atoms with Crippen molar-refractivity contribution < 1.29 is 19.3 Å². The third-order valence-corrected chi connectivity index (χ3v) is 4.96. The highest BCUT2D eigenvalue weighted by Gasteiger charge is 2.54. The van der Waals surface area contributed by atoms with Gasteiger partial charge in [-0.15, -0.1) is 0 Å². The molecule has 3 saturated heterocycles. The summed E-state index contributed by atoms with van der Waals surface area (Å²) in [5.41, 5.74) is 1.23. The molecule has 0 aliphatic carbocycles. The topological polar surface area (TPSA) is 64.1 Å². The lowest BCUT2D eigenvalue weighted by Gasteiger charge is -2.29. The molecule has 0 saturated carbocycles. The van der Waals surface area contributed by atoms with Crippen LogP contribution in [0.2, 0.25) is 0 Å². The van der Waals surface area contributed by atoms with E-state index in [0.717, 1.165) is 19.4 Å². The summed E-state index contributed by atoms with van der Waals surface area (Å²) in [5, 5.41) is 10.5. The van der Waals surface area contributed by atoms with E-state index in [0.29, 0.717) is 12.6 Å². The zero-order valence-corrected chi connectivity index (χ0v) is 13.6. The average Bonchev–Trinajstić information content (AvgIpc) is 3.17. The van der Waals surface area contributed by atoms with Gasteiger partial charge in [-0.3, -0.25) is 9.88 Å². The van der Waals surface area contributed by atoms with E-state index in [1.54, 1.807) is 6.20 Å². The molecule has 0 unspecified atom stereocenters. The molecule has 3 aliphatic rings. The molecule has 6 nitrogen and oxygen atoms in total. The van der Waals surface area contributed by atoms with Crippen molar-refractivity contribution in [2.45, 2.75) is 63.1 Å². The Morgan fingerprint density at radius 1 is 1.39 bits per heavy atom. The van der Waals surface area contributed by atoms with E-state index in [2.05, 4.69) is 16.0 Å². The van der Waals surface area contributed by atoms with Crippen LogP contribution in [0.25, 0.3) is 0 Å². The Morgan fingerprint density at radius 3 is 3.00 bits per heavy atom. The Morgan fingerprint density at radius 2 is 2.26 bits per heavy atom. The van der Waals surface area contributed by atoms with Crippen molar-refractivity contribution in [3.63, 3.8) is 0 Å². The van der Waals surface area contributed by atoms with E-state index >= 15 is 0 Å². The first-order valence-corrected chi connectivity index (χ1v) is 8.37. The van der Waals surface area contributed by atoms with Gasteiger partial charge in [0.05, 0.1) is 0 Å². The Kier molecular flexibility index (Phi) is 3.90. The van der Waals surface area contributed by atoms with Gasteiger partial charge in [-0.2, -0.15) is 0 Å². The second-order valence-electron chi connectivity index (χ2n) is 7.07. The summed E-state index contributed by atoms with van der Waals surface area (Å²) >= 11 is 0. The minimum atomic E-state index is -0.687. The minimum absolute atomic E-state index is 0.279. The van der Waals surface area contributed by atoms with E-state index < -0.39 is 24.3 Å². The number of aliphatic hydroxyl groups is 1. The van der Waals surface area contributed by atoms with E-state index in [4.69, 9.17) is 14.2 Å². The molecule has 3 aliphatic heterocycles. The Bertz CT molecular complexity index is 553. The SMILES string of the molecule is CC1(C)O[C@H]2O[C@H](CN3CCC[C@@H]3c3cccnc3)[C@@H](O)[C@@H]2O1. The van der Waals surface area contributed by atoms with Gasteiger partial charge in [0.1, 0.15) is 18.3 Å². The first-order chi connectivity index (χ1) is 11.0. The van der Waals surface area contributed by atoms with Gasteiger partial charge in [0.2, 0.25) is 0 Å². The monoisotopic (exact) mass is 320 g/mol. The highest BCUT2D eigenvalue weighted by Crippen LogP contribution is 2.39. The lowest BCUT2D eigenvalue weighted by Crippen LogP contribution is -2.41. The van der Waals surface area contributed by atoms with Crippen LogP contribution >= 0.6 is 0 Å². The third kappa shape index (κ3) is 2.90. The predicted octanol–water partition coefficient (Wildman–Crippen LogP) is 1.46. The summed E-state index contributed by atoms with van der Waals surface area (Å²) in [6, 6.07) is 4.44. The first kappa shape index (κ1) is 15.5. The molecule has 1 aromatic heterocycles. The fourth-order valence-electron chi connectivity index (χ4n) is 3.94. The van der Waals surface area contributed by atoms with Crippen LogP contribution in [-0.2, 0) is 14.2 Å². The quantitative estimate of drug-likeness (QED) is 0.909. The van der Waals surface area contributed by atoms with Crippen molar-refractivity contribution in [3.05, 3.63) is 30.1 Å². The molecule has 4 rings (SSSR count). The third-order valence-electron chi connectivity index (χ3n) is 4.96. The van der Waals surface area contributed by atoms with Gasteiger partial charge in [0.15, 0.2) is 12.1 Å². The molecule has 126 valence electrons. The van der Waals surface area contributed by atoms with Gasteiger partial charge in [-0.1, -0.05) is 6.07 Å². The van der Waals surface area contributed by atoms with Gasteiger partial charge >= 0.3 is 0 Å². The molecule has 0 amide bonds. The largest absolute Gasteiger partial charge is 0.387 e. The highest BCUT2D eigenvalue weighted by atomic mass is 16.8. The molecule has 0 aromatic carbocycles. The standard InChI is InChI=1S/C17H24N2O4/c1-17(2)22-15-14(20)13(21-16(15)23-17)10-19-8-4-6-12(19)11-5-3-7-18-9-11/h3,5,7,9,12-16,20H,4,6,8,10H2,1-2H3/t12-,13-,14-,15+,16-/m1/s1. The summed E-state index contributed by atoms with van der Waals surface area (Å²) in [6.07, 6.45) is 4.19. The number of ether oxygens (including phenoxy) is 3. The molecule has 0 radical (unpaired) electrons. The zero-order valence-electron chi connectivity index (χ0n) is 13.6. The van der Waals surface area contributed by atoms with E-state index in [1.165, 1.54) is 5.56 Å². The van der Waals surface area contributed by atoms with Gasteiger partial charge in [0, 0.05) is 25.0 Å². The van der Waals surface area contributed by atoms with Crippen molar-refractivity contribution in [1.29, 1.82) is 0 Å². The second-order valence-corrected chi connectivity index (χ2v) is 7.07. The summed E-state index contributed by atoms with van der Waals surface area (Å²) in [7, 11) is 0. The number of pyridine rings is 1. The highest BCUT2D eigenvalue weighted by molar-refractivity contribution is 5.15. The number of hydrogen-bond acceptors (Lipinski definition) is 6. The van der Waals surface area contributed by atoms with E-state index in [9.17, 15) is 5.11 Å². The van der Waals surface area contributed by atoms with Crippen molar-refractivity contribution in [1.82, 2.24) is 9.88 Å². The van der Waals surface area contributed by atoms with Crippen LogP contribution in [0.3, 0.4) is 0 Å². The van der Waals surface area contributed by atoms with Crippen molar-refractivity contribution in [2.75, 3.05) is 13.1 Å². The molecule has 23 heavy (non-hydrogen) atoms. The number of aromatic nitrogens is 1. The van der Waals surface area contributed by atoms with Crippen molar-refractivity contribution in [2.24, 2.45) is 0 Å². The number of hydrogen-bond donors (Lipinski definition) is 1. The molecule has 0 bridgehead atoms. The second kappa shape index (κ2) is 5.79. The maximum atomic E-state index is 10.5. The normalized spacial score (nSPS) is 39.7. The number of fused-ring (bicyclic) bond motifs is 1. The van der Waals surface area contributed by atoms with Crippen LogP contribution in [-0.4, -0.2) is 58.5 Å². The number of aliphatic hydroxyl groups excluding tert-OH is 1. The van der Waals surface area contributed by atoms with Crippen LogP contribution in [0.1, 0.15) is 38.3 Å². The van der Waals surface area contributed by atoms with Crippen LogP contribution in [0.5, 0.6) is 0 Å². The smallest absolute Gasteiger partial charge is 0.190 e. The fourth-order valence-corrected chi connectivity index (χ4v) is 3.94. The average molecular weight is 320 g/mol. The van der Waals surface area contributed by atoms with E-state index in [-0.39, 0.29) is 6.10 Å².